The molecule has 0 aliphatic heterocycles. The van der Waals surface area contributed by atoms with Crippen molar-refractivity contribution in [3.05, 3.63) is 35.4 Å². The normalized spacial score (nSPS) is 13.4. The van der Waals surface area contributed by atoms with Crippen LogP contribution in [-0.2, 0) is 41.4 Å². The minimum absolute atomic E-state index is 0.0225. The van der Waals surface area contributed by atoms with Crippen molar-refractivity contribution < 1.29 is 37.2 Å². The Kier molecular flexibility index (Phi) is 10.2. The molecule has 1 aromatic carbocycles. The average molecular weight is 419 g/mol. The van der Waals surface area contributed by atoms with E-state index in [0.717, 1.165) is 0 Å². The van der Waals surface area contributed by atoms with Crippen LogP contribution in [0.5, 0.6) is 0 Å². The Hall–Kier alpha value is -1.40. The van der Waals surface area contributed by atoms with Crippen molar-refractivity contribution in [2.75, 3.05) is 42.1 Å². The molecule has 9 nitrogen and oxygen atoms in total. The zero-order valence-electron chi connectivity index (χ0n) is 16.9. The molecule has 0 aliphatic rings. The fourth-order valence-corrected chi connectivity index (χ4v) is 3.21. The molecule has 0 aromatic heterocycles. The molecule has 1 unspecified atom stereocenters. The molecule has 1 atom stereocenters. The van der Waals surface area contributed by atoms with Gasteiger partial charge < -0.3 is 23.7 Å². The summed E-state index contributed by atoms with van der Waals surface area (Å²) >= 11 is -2.21. The lowest BCUT2D eigenvalue weighted by molar-refractivity contribution is -0.245. The number of benzene rings is 1. The zero-order valence-corrected chi connectivity index (χ0v) is 17.7. The van der Waals surface area contributed by atoms with Gasteiger partial charge in [-0.15, -0.1) is 0 Å². The summed E-state index contributed by atoms with van der Waals surface area (Å²) in [5, 5.41) is 0. The molecule has 2 N–H and O–H groups in total. The molecule has 0 amide bonds. The molecule has 0 aliphatic carbocycles. The van der Waals surface area contributed by atoms with E-state index >= 15 is 0 Å². The van der Waals surface area contributed by atoms with Crippen LogP contribution in [0.2, 0.25) is 0 Å². The van der Waals surface area contributed by atoms with Crippen LogP contribution in [0.1, 0.15) is 28.8 Å². The molecule has 0 fully saturated rings. The van der Waals surface area contributed by atoms with Gasteiger partial charge in [0.2, 0.25) is 11.3 Å². The quantitative estimate of drug-likeness (QED) is 0.281. The Balaban J connectivity index is 3.05. The molecule has 0 spiro atoms. The van der Waals surface area contributed by atoms with Gasteiger partial charge in [0.25, 0.3) is 0 Å². The Morgan fingerprint density at radius 3 is 2.04 bits per heavy atom. The van der Waals surface area contributed by atoms with Gasteiger partial charge >= 0.3 is 5.97 Å². The van der Waals surface area contributed by atoms with Crippen LogP contribution in [0, 0.1) is 0 Å². The molecule has 1 aromatic rings. The lowest BCUT2D eigenvalue weighted by Crippen LogP contribution is -2.47. The molecule has 0 bridgehead atoms. The third kappa shape index (κ3) is 6.59. The van der Waals surface area contributed by atoms with Crippen molar-refractivity contribution in [2.45, 2.75) is 30.8 Å². The van der Waals surface area contributed by atoms with E-state index < -0.39 is 28.8 Å². The van der Waals surface area contributed by atoms with E-state index in [4.69, 9.17) is 28.2 Å². The molecule has 0 radical (unpaired) electrons. The number of rotatable bonds is 13. The van der Waals surface area contributed by atoms with Crippen LogP contribution in [0.4, 0.5) is 0 Å². The molecular formula is C18H29NO8S. The van der Waals surface area contributed by atoms with Crippen LogP contribution in [-0.4, -0.2) is 68.4 Å². The van der Waals surface area contributed by atoms with Gasteiger partial charge in [0.1, 0.15) is 0 Å². The highest BCUT2D eigenvalue weighted by atomic mass is 32.2. The van der Waals surface area contributed by atoms with E-state index in [1.165, 1.54) is 35.5 Å². The molecule has 160 valence electrons. The first-order chi connectivity index (χ1) is 13.3. The second-order valence-corrected chi connectivity index (χ2v) is 6.82. The van der Waals surface area contributed by atoms with E-state index in [0.29, 0.717) is 17.5 Å². The summed E-state index contributed by atoms with van der Waals surface area (Å²) < 4.78 is 49.3. The topological polar surface area (TPSA) is 113 Å². The van der Waals surface area contributed by atoms with Gasteiger partial charge in [-0.05, 0) is 11.6 Å². The third-order valence-corrected chi connectivity index (χ3v) is 5.11. The summed E-state index contributed by atoms with van der Waals surface area (Å²) in [5.74, 6) is -2.69. The lowest BCUT2D eigenvalue weighted by atomic mass is 9.94. The highest BCUT2D eigenvalue weighted by Crippen LogP contribution is 2.30. The van der Waals surface area contributed by atoms with Crippen LogP contribution < -0.4 is 4.72 Å². The summed E-state index contributed by atoms with van der Waals surface area (Å²) in [5.41, 5.74) is 1.12. The number of esters is 1. The standard InChI is InChI=1S/C18H29NO8S/c1-23-16(20)15-9-7-6-8-14(15)12-17(24-2,25-3)10-11-18(26-4,27-5)13-19-28(21)22/h6-9,19H,10-13H2,1-5H3,(H,21,22). The summed E-state index contributed by atoms with van der Waals surface area (Å²) in [6, 6.07) is 7.03. The first-order valence-corrected chi connectivity index (χ1v) is 9.62. The summed E-state index contributed by atoms with van der Waals surface area (Å²) in [7, 11) is 7.22. The van der Waals surface area contributed by atoms with Crippen molar-refractivity contribution in [1.82, 2.24) is 4.72 Å². The molecule has 0 saturated carbocycles. The molecule has 1 rings (SSSR count). The van der Waals surface area contributed by atoms with Gasteiger partial charge in [0.15, 0.2) is 11.6 Å². The maximum atomic E-state index is 12.1. The fourth-order valence-electron chi connectivity index (χ4n) is 2.87. The number of hydrogen-bond acceptors (Lipinski definition) is 7. The van der Waals surface area contributed by atoms with E-state index in [2.05, 4.69) is 4.72 Å². The van der Waals surface area contributed by atoms with E-state index in [9.17, 15) is 9.00 Å². The molecular weight excluding hydrogens is 390 g/mol. The molecule has 0 saturated heterocycles. The van der Waals surface area contributed by atoms with Gasteiger partial charge in [-0.1, -0.05) is 18.2 Å². The minimum Gasteiger partial charge on any atom is -0.465 e. The average Bonchev–Trinajstić information content (AvgIpc) is 2.73. The molecule has 0 heterocycles. The number of ether oxygens (including phenoxy) is 5. The third-order valence-electron chi connectivity index (χ3n) is 4.72. The van der Waals surface area contributed by atoms with Gasteiger partial charge in [0.05, 0.1) is 19.2 Å². The largest absolute Gasteiger partial charge is 0.465 e. The van der Waals surface area contributed by atoms with Crippen LogP contribution in [0.15, 0.2) is 24.3 Å². The van der Waals surface area contributed by atoms with Crippen molar-refractivity contribution in [3.63, 3.8) is 0 Å². The van der Waals surface area contributed by atoms with Crippen LogP contribution >= 0.6 is 0 Å². The maximum Gasteiger partial charge on any atom is 0.338 e. The smallest absolute Gasteiger partial charge is 0.338 e. The second kappa shape index (κ2) is 11.6. The van der Waals surface area contributed by atoms with Gasteiger partial charge in [0, 0.05) is 47.7 Å². The van der Waals surface area contributed by atoms with Crippen LogP contribution in [0.3, 0.4) is 0 Å². The molecule has 10 heteroatoms. The number of hydrogen-bond donors (Lipinski definition) is 2. The van der Waals surface area contributed by atoms with Crippen molar-refractivity contribution in [2.24, 2.45) is 0 Å². The maximum absolute atomic E-state index is 12.1. The monoisotopic (exact) mass is 419 g/mol. The lowest BCUT2D eigenvalue weighted by Gasteiger charge is -2.36. The highest BCUT2D eigenvalue weighted by molar-refractivity contribution is 7.77. The minimum atomic E-state index is -2.21. The van der Waals surface area contributed by atoms with E-state index in [-0.39, 0.29) is 19.4 Å². The Labute approximate surface area is 168 Å². The zero-order chi connectivity index (χ0) is 21.2. The molecule has 28 heavy (non-hydrogen) atoms. The van der Waals surface area contributed by atoms with E-state index in [1.807, 2.05) is 6.07 Å². The Morgan fingerprint density at radius 2 is 1.54 bits per heavy atom. The second-order valence-electron chi connectivity index (χ2n) is 6.03. The predicted molar refractivity (Wildman–Crippen MR) is 103 cm³/mol. The van der Waals surface area contributed by atoms with Crippen molar-refractivity contribution in [1.29, 1.82) is 0 Å². The Bertz CT molecular complexity index is 646. The summed E-state index contributed by atoms with van der Waals surface area (Å²) in [6.45, 7) is -0.0225. The number of methoxy groups -OCH3 is 5. The van der Waals surface area contributed by atoms with Crippen molar-refractivity contribution >= 4 is 17.2 Å². The van der Waals surface area contributed by atoms with Gasteiger partial charge in [-0.25, -0.2) is 13.7 Å². The number of carbonyl (C=O) groups is 1. The predicted octanol–water partition coefficient (Wildman–Crippen LogP) is 1.50. The first kappa shape index (κ1) is 24.6. The van der Waals surface area contributed by atoms with Crippen LogP contribution in [0.25, 0.3) is 0 Å². The van der Waals surface area contributed by atoms with Crippen molar-refractivity contribution in [3.8, 4) is 0 Å². The van der Waals surface area contributed by atoms with E-state index in [1.54, 1.807) is 18.2 Å². The fraction of sp³-hybridized carbons (Fsp3) is 0.611. The summed E-state index contributed by atoms with van der Waals surface area (Å²) in [6.07, 6.45) is 0.872. The SMILES string of the molecule is COC(=O)c1ccccc1CC(CCC(CNS(=O)O)(OC)OC)(OC)OC. The number of carbonyl (C=O) groups excluding carboxylic acids is 1. The first-order valence-electron chi connectivity index (χ1n) is 8.52. The highest BCUT2D eigenvalue weighted by Gasteiger charge is 2.38. The number of nitrogens with one attached hydrogen (secondary N) is 1. The van der Waals surface area contributed by atoms with Gasteiger partial charge in [-0.3, -0.25) is 4.55 Å². The summed E-state index contributed by atoms with van der Waals surface area (Å²) in [4.78, 5) is 12.1. The Morgan fingerprint density at radius 1 is 1.00 bits per heavy atom. The van der Waals surface area contributed by atoms with Gasteiger partial charge in [-0.2, -0.15) is 0 Å².